The summed E-state index contributed by atoms with van der Waals surface area (Å²) < 4.78 is 1.53. The van der Waals surface area contributed by atoms with Crippen molar-refractivity contribution < 1.29 is 5.11 Å². The van der Waals surface area contributed by atoms with Crippen LogP contribution in [0.25, 0.3) is 11.2 Å². The van der Waals surface area contributed by atoms with E-state index in [0.29, 0.717) is 23.7 Å². The zero-order valence-electron chi connectivity index (χ0n) is 14.1. The van der Waals surface area contributed by atoms with Crippen LogP contribution < -0.4 is 16.7 Å². The summed E-state index contributed by atoms with van der Waals surface area (Å²) in [5, 5.41) is 12.3. The van der Waals surface area contributed by atoms with Crippen molar-refractivity contribution >= 4 is 22.9 Å². The average molecular weight is 342 g/mol. The van der Waals surface area contributed by atoms with E-state index in [2.05, 4.69) is 27.2 Å². The van der Waals surface area contributed by atoms with Crippen LogP contribution in [0.5, 0.6) is 0 Å². The Hall–Kier alpha value is -2.87. The van der Waals surface area contributed by atoms with Crippen LogP contribution in [0.15, 0.2) is 29.1 Å². The van der Waals surface area contributed by atoms with Crippen LogP contribution in [0.1, 0.15) is 30.9 Å². The van der Waals surface area contributed by atoms with Crippen molar-refractivity contribution in [2.24, 2.45) is 0 Å². The van der Waals surface area contributed by atoms with Crippen LogP contribution in [-0.2, 0) is 13.2 Å². The topological polar surface area (TPSA) is 122 Å². The molecule has 0 amide bonds. The second-order valence-electron chi connectivity index (χ2n) is 5.90. The number of hydrogen-bond donors (Lipinski definition) is 4. The van der Waals surface area contributed by atoms with Crippen LogP contribution in [0.2, 0.25) is 0 Å². The molecule has 0 aliphatic rings. The maximum atomic E-state index is 12.3. The monoisotopic (exact) mass is 342 g/mol. The van der Waals surface area contributed by atoms with E-state index in [-0.39, 0.29) is 18.1 Å². The summed E-state index contributed by atoms with van der Waals surface area (Å²) in [6.45, 7) is 3.20. The number of hydrogen-bond acceptors (Lipinski definition) is 6. The number of imidazole rings is 1. The summed E-state index contributed by atoms with van der Waals surface area (Å²) in [4.78, 5) is 23.7. The SMILES string of the molecule is CCCCNc1nc(N)c2[nH]c(=O)n(Cc3ccc(CO)cc3)c2n1. The quantitative estimate of drug-likeness (QED) is 0.482. The number of H-pyrrole nitrogens is 1. The molecule has 0 spiro atoms. The Balaban J connectivity index is 1.95. The first-order valence-corrected chi connectivity index (χ1v) is 8.31. The van der Waals surface area contributed by atoms with Crippen molar-refractivity contribution in [2.75, 3.05) is 17.6 Å². The highest BCUT2D eigenvalue weighted by Crippen LogP contribution is 2.17. The van der Waals surface area contributed by atoms with E-state index in [1.165, 1.54) is 4.57 Å². The first-order chi connectivity index (χ1) is 12.1. The zero-order valence-corrected chi connectivity index (χ0v) is 14.1. The van der Waals surface area contributed by atoms with Crippen LogP contribution in [0.3, 0.4) is 0 Å². The number of benzene rings is 1. The van der Waals surface area contributed by atoms with E-state index in [9.17, 15) is 4.79 Å². The Bertz CT molecular complexity index is 913. The van der Waals surface area contributed by atoms with Crippen molar-refractivity contribution in [1.29, 1.82) is 0 Å². The third-order valence-electron chi connectivity index (χ3n) is 4.01. The number of nitrogens with two attached hydrogens (primary N) is 1. The average Bonchev–Trinajstić information content (AvgIpc) is 2.93. The number of nitrogen functional groups attached to an aromatic ring is 1. The van der Waals surface area contributed by atoms with Gasteiger partial charge in [-0.25, -0.2) is 4.79 Å². The van der Waals surface area contributed by atoms with Gasteiger partial charge in [0.25, 0.3) is 0 Å². The molecule has 0 bridgehead atoms. The van der Waals surface area contributed by atoms with E-state index in [4.69, 9.17) is 10.8 Å². The van der Waals surface area contributed by atoms with Crippen LogP contribution in [-0.4, -0.2) is 31.2 Å². The van der Waals surface area contributed by atoms with E-state index in [0.717, 1.165) is 30.5 Å². The maximum absolute atomic E-state index is 12.3. The highest BCUT2D eigenvalue weighted by atomic mass is 16.3. The number of nitrogens with zero attached hydrogens (tertiary/aromatic N) is 3. The minimum atomic E-state index is -0.284. The zero-order chi connectivity index (χ0) is 17.8. The van der Waals surface area contributed by atoms with Gasteiger partial charge in [-0.3, -0.25) is 4.57 Å². The minimum absolute atomic E-state index is 0.0101. The van der Waals surface area contributed by atoms with Gasteiger partial charge in [0.1, 0.15) is 5.52 Å². The van der Waals surface area contributed by atoms with Gasteiger partial charge >= 0.3 is 5.69 Å². The van der Waals surface area contributed by atoms with Gasteiger partial charge in [0.2, 0.25) is 5.95 Å². The number of anilines is 2. The summed E-state index contributed by atoms with van der Waals surface area (Å²) in [5.74, 6) is 0.664. The van der Waals surface area contributed by atoms with Gasteiger partial charge in [0, 0.05) is 6.54 Å². The molecule has 0 radical (unpaired) electrons. The number of nitrogens with one attached hydrogen (secondary N) is 2. The number of rotatable bonds is 7. The maximum Gasteiger partial charge on any atom is 0.328 e. The molecular formula is C17H22N6O2. The molecule has 2 heterocycles. The number of aliphatic hydroxyl groups is 1. The lowest BCUT2D eigenvalue weighted by molar-refractivity contribution is 0.282. The molecule has 0 saturated heterocycles. The summed E-state index contributed by atoms with van der Waals surface area (Å²) in [6.07, 6.45) is 2.06. The van der Waals surface area contributed by atoms with Gasteiger partial charge in [-0.2, -0.15) is 9.97 Å². The third-order valence-corrected chi connectivity index (χ3v) is 4.01. The predicted molar refractivity (Wildman–Crippen MR) is 97.4 cm³/mol. The number of fused-ring (bicyclic) bond motifs is 1. The molecule has 132 valence electrons. The van der Waals surface area contributed by atoms with Crippen LogP contribution >= 0.6 is 0 Å². The molecule has 8 nitrogen and oxygen atoms in total. The first-order valence-electron chi connectivity index (χ1n) is 8.31. The lowest BCUT2D eigenvalue weighted by Gasteiger charge is -2.07. The highest BCUT2D eigenvalue weighted by Gasteiger charge is 2.14. The fourth-order valence-corrected chi connectivity index (χ4v) is 2.59. The first kappa shape index (κ1) is 17.0. The number of aromatic amines is 1. The van der Waals surface area contributed by atoms with Gasteiger partial charge in [0.05, 0.1) is 13.2 Å². The lowest BCUT2D eigenvalue weighted by Crippen LogP contribution is -2.18. The molecule has 8 heteroatoms. The fraction of sp³-hybridized carbons (Fsp3) is 0.353. The standard InChI is InChI=1S/C17H22N6O2/c1-2-3-8-19-16-21-14(18)13-15(22-16)23(17(25)20-13)9-11-4-6-12(10-24)7-5-11/h4-7,24H,2-3,8-10H2,1H3,(H,20,25)(H3,18,19,21,22). The van der Waals surface area contributed by atoms with Gasteiger partial charge < -0.3 is 21.1 Å². The minimum Gasteiger partial charge on any atom is -0.392 e. The molecule has 0 aliphatic heterocycles. The smallest absolute Gasteiger partial charge is 0.328 e. The Morgan fingerprint density at radius 3 is 2.64 bits per heavy atom. The van der Waals surface area contributed by atoms with E-state index >= 15 is 0 Å². The summed E-state index contributed by atoms with van der Waals surface area (Å²) in [6, 6.07) is 7.41. The molecule has 1 aromatic carbocycles. The molecular weight excluding hydrogens is 320 g/mol. The molecule has 25 heavy (non-hydrogen) atoms. The largest absolute Gasteiger partial charge is 0.392 e. The summed E-state index contributed by atoms with van der Waals surface area (Å²) in [5.41, 5.74) is 8.36. The van der Waals surface area contributed by atoms with Crippen LogP contribution in [0.4, 0.5) is 11.8 Å². The van der Waals surface area contributed by atoms with Crippen molar-refractivity contribution in [3.63, 3.8) is 0 Å². The van der Waals surface area contributed by atoms with E-state index < -0.39 is 0 Å². The second-order valence-corrected chi connectivity index (χ2v) is 5.90. The Morgan fingerprint density at radius 1 is 1.24 bits per heavy atom. The molecule has 3 aromatic rings. The van der Waals surface area contributed by atoms with Crippen molar-refractivity contribution in [3.05, 3.63) is 45.9 Å². The van der Waals surface area contributed by atoms with Gasteiger partial charge in [-0.05, 0) is 17.5 Å². The van der Waals surface area contributed by atoms with Crippen molar-refractivity contribution in [2.45, 2.75) is 32.9 Å². The second kappa shape index (κ2) is 7.35. The Morgan fingerprint density at radius 2 is 1.96 bits per heavy atom. The molecule has 0 unspecified atom stereocenters. The van der Waals surface area contributed by atoms with E-state index in [1.54, 1.807) is 0 Å². The van der Waals surface area contributed by atoms with Crippen molar-refractivity contribution in [1.82, 2.24) is 19.5 Å². The Kier molecular flexibility index (Phi) is 4.99. The van der Waals surface area contributed by atoms with Crippen LogP contribution in [0, 0.1) is 0 Å². The van der Waals surface area contributed by atoms with E-state index in [1.807, 2.05) is 24.3 Å². The highest BCUT2D eigenvalue weighted by molar-refractivity contribution is 5.82. The molecule has 2 aromatic heterocycles. The fourth-order valence-electron chi connectivity index (χ4n) is 2.59. The number of unbranched alkanes of at least 4 members (excludes halogenated alkanes) is 1. The molecule has 0 atom stereocenters. The molecule has 0 aliphatic carbocycles. The third kappa shape index (κ3) is 3.63. The molecule has 0 fully saturated rings. The number of aromatic nitrogens is 4. The van der Waals surface area contributed by atoms with Gasteiger partial charge in [0.15, 0.2) is 11.5 Å². The molecule has 0 saturated carbocycles. The summed E-state index contributed by atoms with van der Waals surface area (Å²) in [7, 11) is 0. The van der Waals surface area contributed by atoms with Crippen molar-refractivity contribution in [3.8, 4) is 0 Å². The predicted octanol–water partition coefficient (Wildman–Crippen LogP) is 1.45. The number of aliphatic hydroxyl groups excluding tert-OH is 1. The summed E-state index contributed by atoms with van der Waals surface area (Å²) >= 11 is 0. The van der Waals surface area contributed by atoms with Gasteiger partial charge in [-0.1, -0.05) is 37.6 Å². The lowest BCUT2D eigenvalue weighted by atomic mass is 10.1. The molecule has 3 rings (SSSR count). The normalized spacial score (nSPS) is 11.1. The Labute approximate surface area is 144 Å². The van der Waals surface area contributed by atoms with Gasteiger partial charge in [-0.15, -0.1) is 0 Å². The molecule has 5 N–H and O–H groups in total.